The summed E-state index contributed by atoms with van der Waals surface area (Å²) in [7, 11) is 0. The Labute approximate surface area is 73.1 Å². The van der Waals surface area contributed by atoms with Crippen LogP contribution in [-0.4, -0.2) is 31.2 Å². The van der Waals surface area contributed by atoms with E-state index >= 15 is 0 Å². The molecule has 0 aliphatic heterocycles. The van der Waals surface area contributed by atoms with Crippen molar-refractivity contribution in [2.24, 2.45) is 0 Å². The maximum absolute atomic E-state index is 9.67. The van der Waals surface area contributed by atoms with E-state index in [2.05, 4.69) is 0 Å². The Kier molecular flexibility index (Phi) is 8.87. The molecule has 0 radical (unpaired) electrons. The maximum Gasteiger partial charge on any atom is 0.344 e. The monoisotopic (exact) mass is 194 g/mol. The van der Waals surface area contributed by atoms with Crippen LogP contribution in [0.5, 0.6) is 0 Å². The molecule has 12 heavy (non-hydrogen) atoms. The lowest BCUT2D eigenvalue weighted by molar-refractivity contribution is -0.136. The van der Waals surface area contributed by atoms with Gasteiger partial charge in [-0.15, -0.1) is 0 Å². The summed E-state index contributed by atoms with van der Waals surface area (Å²) in [5, 5.41) is 15.6. The highest BCUT2D eigenvalue weighted by atomic mass is 32.1. The van der Waals surface area contributed by atoms with Crippen LogP contribution in [0, 0.1) is 0 Å². The van der Waals surface area contributed by atoms with Crippen molar-refractivity contribution in [1.82, 2.24) is 0 Å². The molecule has 0 aliphatic rings. The number of carboxylic acids is 2. The van der Waals surface area contributed by atoms with Crippen LogP contribution in [0.3, 0.4) is 0 Å². The van der Waals surface area contributed by atoms with Crippen LogP contribution in [0.4, 0.5) is 0 Å². The zero-order chi connectivity index (χ0) is 10.1. The third kappa shape index (κ3) is 11.6. The zero-order valence-corrected chi connectivity index (χ0v) is 7.55. The number of carbonyl (C=O) groups is 2. The second-order valence-corrected chi connectivity index (χ2v) is 2.47. The van der Waals surface area contributed by atoms with Crippen molar-refractivity contribution >= 4 is 28.1 Å². The molecule has 0 aliphatic carbocycles. The average Bonchev–Trinajstić information content (AvgIpc) is 2.04. The van der Waals surface area contributed by atoms with Crippen molar-refractivity contribution in [3.05, 3.63) is 0 Å². The summed E-state index contributed by atoms with van der Waals surface area (Å²) < 4.78 is 9.57. The second kappa shape index (κ2) is 7.93. The van der Waals surface area contributed by atoms with Crippen LogP contribution in [-0.2, 0) is 20.8 Å². The van der Waals surface area contributed by atoms with Crippen molar-refractivity contribution in [3.8, 4) is 0 Å². The Morgan fingerprint density at radius 2 is 1.67 bits per heavy atom. The second-order valence-electron chi connectivity index (χ2n) is 1.69. The van der Waals surface area contributed by atoms with Crippen LogP contribution in [0.15, 0.2) is 0 Å². The van der Waals surface area contributed by atoms with Crippen LogP contribution < -0.4 is 0 Å². The van der Waals surface area contributed by atoms with E-state index in [1.165, 1.54) is 6.92 Å². The quantitative estimate of drug-likeness (QED) is 0.601. The lowest BCUT2D eigenvalue weighted by Gasteiger charge is -1.76. The van der Waals surface area contributed by atoms with Gasteiger partial charge in [0, 0.05) is 6.42 Å². The number of rotatable bonds is 2. The molecule has 0 saturated heterocycles. The molecule has 0 spiro atoms. The molecule has 6 heteroatoms. The van der Waals surface area contributed by atoms with Gasteiger partial charge in [0.2, 0.25) is 0 Å². The lowest BCUT2D eigenvalue weighted by Crippen LogP contribution is -2.06. The predicted molar refractivity (Wildman–Crippen MR) is 44.4 cm³/mol. The van der Waals surface area contributed by atoms with Gasteiger partial charge in [-0.1, -0.05) is 6.92 Å². The molecule has 5 nitrogen and oxygen atoms in total. The van der Waals surface area contributed by atoms with E-state index in [4.69, 9.17) is 10.2 Å². The highest BCUT2D eigenvalue weighted by Gasteiger charge is 1.96. The molecule has 0 fully saturated rings. The van der Waals surface area contributed by atoms with Gasteiger partial charge in [-0.05, 0) is 6.92 Å². The molecule has 0 saturated carbocycles. The van der Waals surface area contributed by atoms with Gasteiger partial charge in [0.25, 0.3) is 0 Å². The van der Waals surface area contributed by atoms with Crippen LogP contribution in [0.2, 0.25) is 0 Å². The summed E-state index contributed by atoms with van der Waals surface area (Å²) in [5.41, 5.74) is 0. The van der Waals surface area contributed by atoms with Gasteiger partial charge in [0.1, 0.15) is 4.86 Å². The van der Waals surface area contributed by atoms with Gasteiger partial charge in [-0.3, -0.25) is 4.79 Å². The molecular weight excluding hydrogens is 184 g/mol. The molecule has 2 N–H and O–H groups in total. The SMILES string of the molecule is CC(=S=O)C(=O)O.CCC(=O)O. The van der Waals surface area contributed by atoms with Crippen molar-refractivity contribution in [3.63, 3.8) is 0 Å². The standard InChI is InChI=1S/C3H4O3S.C3H6O2/c1-2(7-6)3(4)5;1-2-3(4)5/h1H3,(H,4,5);2H2,1H3,(H,4,5). The fourth-order valence-electron chi connectivity index (χ4n) is 0.0356. The number of hydrogen-bond acceptors (Lipinski definition) is 3. The van der Waals surface area contributed by atoms with E-state index in [0.29, 0.717) is 0 Å². The summed E-state index contributed by atoms with van der Waals surface area (Å²) in [6.45, 7) is 2.86. The fourth-order valence-corrected chi connectivity index (χ4v) is 0.107. The topological polar surface area (TPSA) is 91.7 Å². The Hall–Kier alpha value is -1.17. The van der Waals surface area contributed by atoms with E-state index in [1.807, 2.05) is 0 Å². The molecule has 0 atom stereocenters. The van der Waals surface area contributed by atoms with Gasteiger partial charge in [-0.2, -0.15) is 0 Å². The summed E-state index contributed by atoms with van der Waals surface area (Å²) in [5.74, 6) is -1.88. The molecular formula is C6H10O5S. The first-order chi connectivity index (χ1) is 5.45. The predicted octanol–water partition coefficient (Wildman–Crippen LogP) is -0.0427. The van der Waals surface area contributed by atoms with Crippen LogP contribution in [0.25, 0.3) is 0 Å². The molecule has 0 unspecified atom stereocenters. The van der Waals surface area contributed by atoms with Crippen molar-refractivity contribution < 1.29 is 24.0 Å². The minimum absolute atomic E-state index is 0.000000000000000222. The van der Waals surface area contributed by atoms with E-state index in [0.717, 1.165) is 0 Å². The first-order valence-electron chi connectivity index (χ1n) is 3.04. The maximum atomic E-state index is 9.67. The van der Waals surface area contributed by atoms with Gasteiger partial charge in [0.15, 0.2) is 0 Å². The minimum Gasteiger partial charge on any atom is -0.481 e. The normalized spacial score (nSPS) is 7.50. The molecule has 0 aromatic heterocycles. The molecule has 0 bridgehead atoms. The molecule has 0 aromatic carbocycles. The van der Waals surface area contributed by atoms with Crippen molar-refractivity contribution in [2.75, 3.05) is 0 Å². The Morgan fingerprint density at radius 1 is 1.33 bits per heavy atom. The number of carboxylic acid groups (broad SMARTS) is 2. The molecule has 70 valence electrons. The van der Waals surface area contributed by atoms with Crippen molar-refractivity contribution in [2.45, 2.75) is 20.3 Å². The highest BCUT2D eigenvalue weighted by Crippen LogP contribution is 1.67. The first kappa shape index (κ1) is 13.4. The summed E-state index contributed by atoms with van der Waals surface area (Å²) in [6, 6.07) is 0. The third-order valence-corrected chi connectivity index (χ3v) is 1.15. The largest absolute Gasteiger partial charge is 0.481 e. The zero-order valence-electron chi connectivity index (χ0n) is 6.73. The van der Waals surface area contributed by atoms with Gasteiger partial charge < -0.3 is 10.2 Å². The minimum atomic E-state index is -1.14. The van der Waals surface area contributed by atoms with Gasteiger partial charge in [0.05, 0.1) is 11.3 Å². The number of aliphatic carboxylic acids is 2. The van der Waals surface area contributed by atoms with Gasteiger partial charge >= 0.3 is 11.9 Å². The molecule has 0 rings (SSSR count). The smallest absolute Gasteiger partial charge is 0.344 e. The van der Waals surface area contributed by atoms with Crippen molar-refractivity contribution in [1.29, 1.82) is 0 Å². The van der Waals surface area contributed by atoms with Crippen LogP contribution >= 0.6 is 0 Å². The summed E-state index contributed by atoms with van der Waals surface area (Å²) in [6.07, 6.45) is 0.222. The molecule has 0 heterocycles. The Bertz CT molecular complexity index is 216. The Morgan fingerprint density at radius 3 is 1.67 bits per heavy atom. The van der Waals surface area contributed by atoms with Gasteiger partial charge in [-0.25, -0.2) is 9.00 Å². The lowest BCUT2D eigenvalue weighted by atomic mass is 10.5. The first-order valence-corrected chi connectivity index (χ1v) is 3.78. The van der Waals surface area contributed by atoms with E-state index in [1.54, 1.807) is 6.92 Å². The summed E-state index contributed by atoms with van der Waals surface area (Å²) >= 11 is -0.000000000000000222. The molecule has 0 amide bonds. The van der Waals surface area contributed by atoms with E-state index in [-0.39, 0.29) is 22.5 Å². The van der Waals surface area contributed by atoms with Crippen LogP contribution in [0.1, 0.15) is 20.3 Å². The summed E-state index contributed by atoms with van der Waals surface area (Å²) in [4.78, 5) is 18.9. The fraction of sp³-hybridized carbons (Fsp3) is 0.500. The molecule has 0 aromatic rings. The highest BCUT2D eigenvalue weighted by molar-refractivity contribution is 7.68. The number of hydrogen-bond donors (Lipinski definition) is 2. The van der Waals surface area contributed by atoms with E-state index in [9.17, 15) is 13.8 Å². The average molecular weight is 194 g/mol. The Balaban J connectivity index is 0. The third-order valence-electron chi connectivity index (χ3n) is 0.729. The van der Waals surface area contributed by atoms with E-state index < -0.39 is 11.9 Å².